The number of benzene rings is 1. The number of aliphatic hydroxyl groups excluding tert-OH is 1. The number of aliphatic hydroxyl groups is 3. The highest BCUT2D eigenvalue weighted by Gasteiger charge is 2.85. The molecule has 0 unspecified atom stereocenters. The molecule has 8 aliphatic rings. The highest BCUT2D eigenvalue weighted by molar-refractivity contribution is 6.02. The van der Waals surface area contributed by atoms with Gasteiger partial charge in [-0.1, -0.05) is 94.3 Å². The van der Waals surface area contributed by atoms with Crippen LogP contribution in [0.15, 0.2) is 88.5 Å². The van der Waals surface area contributed by atoms with Crippen molar-refractivity contribution in [3.8, 4) is 11.8 Å². The maximum Gasteiger partial charge on any atom is 0.331 e. The number of hydrogen-bond acceptors (Lipinski definition) is 7. The van der Waals surface area contributed by atoms with Gasteiger partial charge in [0.2, 0.25) is 0 Å². The quantitative estimate of drug-likeness (QED) is 0.0608. The molecule has 61 heavy (non-hydrogen) atoms. The summed E-state index contributed by atoms with van der Waals surface area (Å²) in [5.74, 6) is 3.22. The minimum atomic E-state index is -1.76. The molecule has 0 aliphatic heterocycles. The highest BCUT2D eigenvalue weighted by Crippen LogP contribution is 2.86. The summed E-state index contributed by atoms with van der Waals surface area (Å²) < 4.78 is 0. The third-order valence-corrected chi connectivity index (χ3v) is 18.0. The number of allylic oxidation sites excluding steroid dienone is 2. The van der Waals surface area contributed by atoms with E-state index in [4.69, 9.17) is 11.5 Å². The van der Waals surface area contributed by atoms with Crippen LogP contribution >= 0.6 is 0 Å². The number of aliphatic imine (C=N–C) groups is 1. The van der Waals surface area contributed by atoms with E-state index in [2.05, 4.69) is 35.9 Å². The Hall–Kier alpha value is -4.56. The summed E-state index contributed by atoms with van der Waals surface area (Å²) in [4.78, 5) is 47.3. The Morgan fingerprint density at radius 3 is 2.41 bits per heavy atom. The van der Waals surface area contributed by atoms with Crippen LogP contribution in [0.1, 0.15) is 104 Å². The largest absolute Gasteiger partial charge is 0.478 e. The van der Waals surface area contributed by atoms with Crippen molar-refractivity contribution < 1.29 is 34.8 Å². The second-order valence-corrected chi connectivity index (χ2v) is 20.5. The lowest BCUT2D eigenvalue weighted by Crippen LogP contribution is -2.72. The van der Waals surface area contributed by atoms with Crippen LogP contribution in [0.25, 0.3) is 6.08 Å². The molecule has 0 aromatic heterocycles. The number of carboxylic acid groups (broad SMARTS) is 1. The summed E-state index contributed by atoms with van der Waals surface area (Å²) in [7, 11) is 0. The molecule has 1 aromatic rings. The van der Waals surface area contributed by atoms with Crippen LogP contribution in [0, 0.1) is 68.5 Å². The normalized spacial score (nSPS) is 44.2. The van der Waals surface area contributed by atoms with E-state index < -0.39 is 80.1 Å². The van der Waals surface area contributed by atoms with Crippen molar-refractivity contribution >= 4 is 29.6 Å². The van der Waals surface area contributed by atoms with Gasteiger partial charge in [-0.3, -0.25) is 9.59 Å². The molecule has 8 aliphatic carbocycles. The Balaban J connectivity index is 1.39. The molecule has 10 heteroatoms. The van der Waals surface area contributed by atoms with Crippen LogP contribution in [0.2, 0.25) is 0 Å². The van der Waals surface area contributed by atoms with Crippen molar-refractivity contribution in [1.82, 2.24) is 0 Å². The predicted molar refractivity (Wildman–Crippen MR) is 233 cm³/mol. The SMILES string of the molecule is C/C(=C\[C@@H](O)[C@H]1[C@@H](C)[C@@]2(C=C[C@H]1N=C(N)N)C[C@@]1(O)C=C[C@]3(O)C4=C5C(=O)C[C@@]2(C2CCCC2)[C@]41CCC#CC[C@]1(C)C(=O)CC[C@@]5(C)[C@@H]1[C@H]3/C=C/c1ccccc1)C(=O)O. The molecule has 13 atom stereocenters. The zero-order chi connectivity index (χ0) is 43.5. The maximum atomic E-state index is 16.1. The van der Waals surface area contributed by atoms with E-state index in [1.54, 1.807) is 6.08 Å². The third-order valence-electron chi connectivity index (χ3n) is 18.0. The number of rotatable bonds is 7. The van der Waals surface area contributed by atoms with E-state index in [1.807, 2.05) is 62.4 Å². The van der Waals surface area contributed by atoms with Crippen molar-refractivity contribution in [3.05, 3.63) is 89.1 Å². The lowest BCUT2D eigenvalue weighted by Gasteiger charge is -2.71. The van der Waals surface area contributed by atoms with Gasteiger partial charge in [-0.15, -0.1) is 11.8 Å². The molecule has 0 saturated heterocycles. The number of ketones is 2. The Labute approximate surface area is 359 Å². The van der Waals surface area contributed by atoms with Gasteiger partial charge in [0.05, 0.1) is 17.7 Å². The lowest BCUT2D eigenvalue weighted by atomic mass is 9.32. The molecule has 3 saturated carbocycles. The molecule has 10 nitrogen and oxygen atoms in total. The number of carbonyl (C=O) groups excluding carboxylic acids is 2. The molecular formula is C51H61N3O7. The number of hydrogen-bond donors (Lipinski definition) is 6. The monoisotopic (exact) mass is 827 g/mol. The first-order valence-corrected chi connectivity index (χ1v) is 22.4. The summed E-state index contributed by atoms with van der Waals surface area (Å²) in [6, 6.07) is 9.18. The van der Waals surface area contributed by atoms with Gasteiger partial charge in [0.1, 0.15) is 11.4 Å². The van der Waals surface area contributed by atoms with Crippen LogP contribution in [-0.4, -0.2) is 67.3 Å². The number of nitrogens with zero attached hydrogens (tertiary/aromatic N) is 1. The van der Waals surface area contributed by atoms with E-state index in [-0.39, 0.29) is 48.3 Å². The van der Waals surface area contributed by atoms with Crippen LogP contribution in [-0.2, 0) is 14.4 Å². The second kappa shape index (κ2) is 14.0. The van der Waals surface area contributed by atoms with Crippen molar-refractivity contribution in [2.75, 3.05) is 0 Å². The van der Waals surface area contributed by atoms with Gasteiger partial charge in [-0.25, -0.2) is 9.79 Å². The number of aliphatic carboxylic acids is 1. The summed E-state index contributed by atoms with van der Waals surface area (Å²) >= 11 is 0. The Bertz CT molecular complexity index is 2320. The third kappa shape index (κ3) is 5.32. The van der Waals surface area contributed by atoms with Crippen LogP contribution in [0.3, 0.4) is 0 Å². The predicted octanol–water partition coefficient (Wildman–Crippen LogP) is 6.22. The van der Waals surface area contributed by atoms with Crippen molar-refractivity contribution in [1.29, 1.82) is 0 Å². The average Bonchev–Trinajstić information content (AvgIpc) is 3.81. The molecule has 0 amide bonds. The van der Waals surface area contributed by atoms with Gasteiger partial charge in [-0.2, -0.15) is 0 Å². The van der Waals surface area contributed by atoms with Crippen molar-refractivity contribution in [2.45, 2.75) is 122 Å². The Morgan fingerprint density at radius 1 is 1.00 bits per heavy atom. The molecule has 3 fully saturated rings. The molecule has 1 aromatic carbocycles. The van der Waals surface area contributed by atoms with Gasteiger partial charge in [-0.05, 0) is 80.1 Å². The minimum absolute atomic E-state index is 0.0234. The molecule has 9 rings (SSSR count). The van der Waals surface area contributed by atoms with E-state index >= 15 is 4.79 Å². The first-order valence-electron chi connectivity index (χ1n) is 22.4. The van der Waals surface area contributed by atoms with Gasteiger partial charge < -0.3 is 31.9 Å². The first-order chi connectivity index (χ1) is 28.9. The number of Topliss-reactive ketones (excluding diaryl/α,β-unsaturated/α-hetero) is 2. The smallest absolute Gasteiger partial charge is 0.331 e. The van der Waals surface area contributed by atoms with E-state index in [0.29, 0.717) is 36.8 Å². The molecule has 0 heterocycles. The standard InChI is InChI=1S/C51H61N3O7/c1-30(43(58)59)27-36(55)39-31(2)47(24-19-35(39)54-44(52)53)29-48(60)25-26-49(61)34(18-17-32-13-7-5-8-14-32)41-45(3)21-11-6-12-22-50(48)42(49)40(46(41,4)23-20-38(45)57)37(56)28-51(47,50)33-15-9-10-16-33/h5,7-8,13-14,17-19,24-27,31,33-36,39,41,55,60-61H,9-10,12,15-16,20-23,28-29H2,1-4H3,(H,58,59)(H4,52,53,54)/b18-17+,30-27+/t31-,34-,35-,36-,39+,41-,45-,46-,47-,48+,49-,50-,51+/m1/s1. The summed E-state index contributed by atoms with van der Waals surface area (Å²) in [6.07, 6.45) is 17.4. The molecule has 4 bridgehead atoms. The van der Waals surface area contributed by atoms with Crippen LogP contribution in [0.5, 0.6) is 0 Å². The number of guanidine groups is 1. The fourth-order valence-corrected chi connectivity index (χ4v) is 15.9. The molecule has 0 radical (unpaired) electrons. The van der Waals surface area contributed by atoms with Gasteiger partial charge in [0.15, 0.2) is 11.7 Å². The summed E-state index contributed by atoms with van der Waals surface area (Å²) in [5.41, 5.74) is 5.87. The fraction of sp³-hybridized carbons (Fsp3) is 0.569. The molecular weight excluding hydrogens is 767 g/mol. The number of fused-ring (bicyclic) bond motifs is 2. The number of nitrogens with two attached hydrogens (primary N) is 2. The minimum Gasteiger partial charge on any atom is -0.478 e. The van der Waals surface area contributed by atoms with Gasteiger partial charge in [0.25, 0.3) is 0 Å². The first kappa shape index (κ1) is 41.8. The maximum absolute atomic E-state index is 16.1. The molecule has 2 spiro atoms. The number of carbonyl (C=O) groups is 3. The van der Waals surface area contributed by atoms with Gasteiger partial charge in [0, 0.05) is 75.7 Å². The summed E-state index contributed by atoms with van der Waals surface area (Å²) in [5, 5.41) is 50.4. The highest BCUT2D eigenvalue weighted by atomic mass is 16.4. The lowest BCUT2D eigenvalue weighted by molar-refractivity contribution is -0.182. The second-order valence-electron chi connectivity index (χ2n) is 20.5. The topological polar surface area (TPSA) is 197 Å². The van der Waals surface area contributed by atoms with Crippen molar-refractivity contribution in [3.63, 3.8) is 0 Å². The Kier molecular flexibility index (Phi) is 9.57. The van der Waals surface area contributed by atoms with Crippen molar-refractivity contribution in [2.24, 2.45) is 73.1 Å². The van der Waals surface area contributed by atoms with E-state index in [9.17, 15) is 30.0 Å². The van der Waals surface area contributed by atoms with Crippen LogP contribution in [0.4, 0.5) is 0 Å². The molecule has 8 N–H and O–H groups in total. The van der Waals surface area contributed by atoms with Crippen LogP contribution < -0.4 is 11.5 Å². The Morgan fingerprint density at radius 2 is 1.72 bits per heavy atom. The van der Waals surface area contributed by atoms with Gasteiger partial charge >= 0.3 is 5.97 Å². The zero-order valence-corrected chi connectivity index (χ0v) is 35.9. The summed E-state index contributed by atoms with van der Waals surface area (Å²) in [6.45, 7) is 7.62. The zero-order valence-electron chi connectivity index (χ0n) is 35.9. The van der Waals surface area contributed by atoms with E-state index in [0.717, 1.165) is 31.2 Å². The average molecular weight is 828 g/mol. The molecule has 322 valence electrons. The number of carboxylic acids is 1. The van der Waals surface area contributed by atoms with E-state index in [1.165, 1.54) is 13.0 Å². The fourth-order valence-electron chi connectivity index (χ4n) is 15.9.